The van der Waals surface area contributed by atoms with Gasteiger partial charge in [-0.05, 0) is 6.07 Å². The van der Waals surface area contributed by atoms with E-state index >= 15 is 0 Å². The highest BCUT2D eigenvalue weighted by Gasteiger charge is 2.24. The van der Waals surface area contributed by atoms with Crippen molar-refractivity contribution in [3.63, 3.8) is 0 Å². The van der Waals surface area contributed by atoms with Crippen molar-refractivity contribution in [3.05, 3.63) is 36.4 Å². The van der Waals surface area contributed by atoms with Crippen molar-refractivity contribution in [3.8, 4) is 0 Å². The summed E-state index contributed by atoms with van der Waals surface area (Å²) in [5, 5.41) is 11.8. The van der Waals surface area contributed by atoms with Crippen LogP contribution in [0.15, 0.2) is 35.8 Å². The van der Waals surface area contributed by atoms with Gasteiger partial charge in [-0.2, -0.15) is 10.2 Å². The summed E-state index contributed by atoms with van der Waals surface area (Å²) in [6.07, 6.45) is 7.64. The van der Waals surface area contributed by atoms with Crippen LogP contribution in [0.3, 0.4) is 0 Å². The predicted molar refractivity (Wildman–Crippen MR) is 87.1 cm³/mol. The first-order valence-electron chi connectivity index (χ1n) is 7.79. The smallest absolute Gasteiger partial charge is 0.193 e. The van der Waals surface area contributed by atoms with Crippen molar-refractivity contribution in [2.45, 2.75) is 12.6 Å². The van der Waals surface area contributed by atoms with Crippen LogP contribution >= 0.6 is 0 Å². The second-order valence-electron chi connectivity index (χ2n) is 5.50. The topological polar surface area (TPSA) is 72.5 Å². The molecule has 2 aromatic heterocycles. The van der Waals surface area contributed by atoms with E-state index in [0.29, 0.717) is 6.61 Å². The number of ether oxygens (including phenoxy) is 1. The largest absolute Gasteiger partial charge is 0.370 e. The Labute approximate surface area is 135 Å². The molecule has 0 amide bonds. The number of hydrogen-bond donors (Lipinski definition) is 1. The molecular formula is C15H23N7O. The highest BCUT2D eigenvalue weighted by atomic mass is 16.5. The molecule has 1 atom stereocenters. The van der Waals surface area contributed by atoms with Gasteiger partial charge in [-0.1, -0.05) is 0 Å². The molecule has 2 aromatic rings. The van der Waals surface area contributed by atoms with E-state index in [1.165, 1.54) is 0 Å². The first-order valence-corrected chi connectivity index (χ1v) is 7.79. The summed E-state index contributed by atoms with van der Waals surface area (Å²) < 4.78 is 9.57. The number of hydrogen-bond acceptors (Lipinski definition) is 4. The minimum Gasteiger partial charge on any atom is -0.370 e. The summed E-state index contributed by atoms with van der Waals surface area (Å²) in [4.78, 5) is 6.62. The van der Waals surface area contributed by atoms with Crippen LogP contribution in [-0.4, -0.2) is 63.7 Å². The standard InChI is InChI=1S/C15H23N7O/c1-16-15(17-5-7-22-6-3-4-18-22)21-8-9-23-14(12-21)13-10-19-20(2)11-13/h3-4,6,10-11,14H,5,7-9,12H2,1-2H3,(H,16,17). The lowest BCUT2D eigenvalue weighted by atomic mass is 10.1. The van der Waals surface area contributed by atoms with Gasteiger partial charge in [0.15, 0.2) is 5.96 Å². The molecule has 1 aliphatic rings. The van der Waals surface area contributed by atoms with Crippen molar-refractivity contribution < 1.29 is 4.74 Å². The Morgan fingerprint density at radius 2 is 2.39 bits per heavy atom. The Hall–Kier alpha value is -2.35. The maximum atomic E-state index is 5.87. The molecular weight excluding hydrogens is 294 g/mol. The number of nitrogens with one attached hydrogen (secondary N) is 1. The molecule has 1 aliphatic heterocycles. The Balaban J connectivity index is 1.55. The Morgan fingerprint density at radius 3 is 3.09 bits per heavy atom. The van der Waals surface area contributed by atoms with E-state index in [0.717, 1.165) is 37.7 Å². The summed E-state index contributed by atoms with van der Waals surface area (Å²) in [5.74, 6) is 0.898. The number of morpholine rings is 1. The number of rotatable bonds is 4. The molecule has 0 aliphatic carbocycles. The molecule has 0 bridgehead atoms. The molecule has 3 heterocycles. The second kappa shape index (κ2) is 7.28. The van der Waals surface area contributed by atoms with Crippen LogP contribution in [0, 0.1) is 0 Å². The van der Waals surface area contributed by atoms with Crippen LogP contribution in [0.1, 0.15) is 11.7 Å². The zero-order valence-electron chi connectivity index (χ0n) is 13.6. The molecule has 0 saturated carbocycles. The summed E-state index contributed by atoms with van der Waals surface area (Å²) in [7, 11) is 3.73. The highest BCUT2D eigenvalue weighted by molar-refractivity contribution is 5.80. The minimum absolute atomic E-state index is 0.0297. The third-order valence-electron chi connectivity index (χ3n) is 3.86. The third kappa shape index (κ3) is 3.89. The van der Waals surface area contributed by atoms with Crippen LogP contribution < -0.4 is 5.32 Å². The van der Waals surface area contributed by atoms with Gasteiger partial charge in [0.1, 0.15) is 6.10 Å². The van der Waals surface area contributed by atoms with E-state index in [1.54, 1.807) is 10.9 Å². The predicted octanol–water partition coefficient (Wildman–Crippen LogP) is 0.265. The number of aromatic nitrogens is 4. The van der Waals surface area contributed by atoms with Crippen LogP contribution in [0.5, 0.6) is 0 Å². The average Bonchev–Trinajstić information content (AvgIpc) is 3.23. The van der Waals surface area contributed by atoms with Gasteiger partial charge >= 0.3 is 0 Å². The van der Waals surface area contributed by atoms with Crippen LogP contribution in [-0.2, 0) is 18.3 Å². The summed E-state index contributed by atoms with van der Waals surface area (Å²) in [6, 6.07) is 1.93. The Bertz CT molecular complexity index is 634. The minimum atomic E-state index is 0.0297. The maximum Gasteiger partial charge on any atom is 0.193 e. The first-order chi connectivity index (χ1) is 11.3. The second-order valence-corrected chi connectivity index (χ2v) is 5.50. The van der Waals surface area contributed by atoms with Crippen molar-refractivity contribution in [2.24, 2.45) is 12.0 Å². The molecule has 23 heavy (non-hydrogen) atoms. The molecule has 0 spiro atoms. The average molecular weight is 317 g/mol. The van der Waals surface area contributed by atoms with E-state index in [-0.39, 0.29) is 6.10 Å². The van der Waals surface area contributed by atoms with E-state index in [2.05, 4.69) is 25.4 Å². The highest BCUT2D eigenvalue weighted by Crippen LogP contribution is 2.21. The number of aryl methyl sites for hydroxylation is 1. The fraction of sp³-hybridized carbons (Fsp3) is 0.533. The van der Waals surface area contributed by atoms with E-state index < -0.39 is 0 Å². The zero-order chi connectivity index (χ0) is 16.1. The van der Waals surface area contributed by atoms with Gasteiger partial charge in [-0.3, -0.25) is 14.4 Å². The van der Waals surface area contributed by atoms with Crippen LogP contribution in [0.25, 0.3) is 0 Å². The molecule has 1 fully saturated rings. The van der Waals surface area contributed by atoms with Gasteiger partial charge in [0, 0.05) is 51.3 Å². The molecule has 1 saturated heterocycles. The normalized spacial score (nSPS) is 19.1. The summed E-state index contributed by atoms with van der Waals surface area (Å²) in [6.45, 7) is 3.87. The van der Waals surface area contributed by atoms with E-state index in [4.69, 9.17) is 4.74 Å². The van der Waals surface area contributed by atoms with Gasteiger partial charge in [-0.15, -0.1) is 0 Å². The lowest BCUT2D eigenvalue weighted by molar-refractivity contribution is -0.00803. The third-order valence-corrected chi connectivity index (χ3v) is 3.86. The monoisotopic (exact) mass is 317 g/mol. The molecule has 1 N–H and O–H groups in total. The summed E-state index contributed by atoms with van der Waals surface area (Å²) in [5.41, 5.74) is 1.10. The van der Waals surface area contributed by atoms with Crippen molar-refractivity contribution >= 4 is 5.96 Å². The first kappa shape index (κ1) is 15.5. The number of aliphatic imine (C=N–C) groups is 1. The van der Waals surface area contributed by atoms with E-state index in [1.807, 2.05) is 43.4 Å². The van der Waals surface area contributed by atoms with Gasteiger partial charge in [0.2, 0.25) is 0 Å². The lowest BCUT2D eigenvalue weighted by Crippen LogP contribution is -2.48. The van der Waals surface area contributed by atoms with E-state index in [9.17, 15) is 0 Å². The number of nitrogens with zero attached hydrogens (tertiary/aromatic N) is 6. The molecule has 124 valence electrons. The Kier molecular flexibility index (Phi) is 4.92. The van der Waals surface area contributed by atoms with Crippen LogP contribution in [0.2, 0.25) is 0 Å². The molecule has 8 nitrogen and oxygen atoms in total. The van der Waals surface area contributed by atoms with Gasteiger partial charge < -0.3 is 15.0 Å². The van der Waals surface area contributed by atoms with Crippen molar-refractivity contribution in [1.29, 1.82) is 0 Å². The number of guanidine groups is 1. The van der Waals surface area contributed by atoms with Crippen molar-refractivity contribution in [2.75, 3.05) is 33.3 Å². The molecule has 3 rings (SSSR count). The molecule has 8 heteroatoms. The van der Waals surface area contributed by atoms with Gasteiger partial charge in [0.25, 0.3) is 0 Å². The molecule has 0 radical (unpaired) electrons. The molecule has 1 unspecified atom stereocenters. The van der Waals surface area contributed by atoms with Gasteiger partial charge in [0.05, 0.1) is 25.9 Å². The SMILES string of the molecule is CN=C(NCCn1cccn1)N1CCOC(c2cnn(C)c2)C1. The fourth-order valence-corrected chi connectivity index (χ4v) is 2.70. The Morgan fingerprint density at radius 1 is 1.48 bits per heavy atom. The lowest BCUT2D eigenvalue weighted by Gasteiger charge is -2.34. The maximum absolute atomic E-state index is 5.87. The van der Waals surface area contributed by atoms with Crippen LogP contribution in [0.4, 0.5) is 0 Å². The fourth-order valence-electron chi connectivity index (χ4n) is 2.70. The summed E-state index contributed by atoms with van der Waals surface area (Å²) >= 11 is 0. The van der Waals surface area contributed by atoms with Crippen molar-refractivity contribution in [1.82, 2.24) is 29.8 Å². The molecule has 0 aromatic carbocycles. The quantitative estimate of drug-likeness (QED) is 0.647. The van der Waals surface area contributed by atoms with Gasteiger partial charge in [-0.25, -0.2) is 0 Å². The zero-order valence-corrected chi connectivity index (χ0v) is 13.6.